The fraction of sp³-hybridized carbons (Fsp3) is 0.167. The molecule has 2 aromatic rings. The molecule has 0 saturated heterocycles. The monoisotopic (exact) mass is 197 g/mol. The Bertz CT molecular complexity index is 370. The molecule has 0 saturated carbocycles. The molecule has 13 heavy (non-hydrogen) atoms. The van der Waals surface area contributed by atoms with E-state index in [9.17, 15) is 0 Å². The van der Waals surface area contributed by atoms with Crippen LogP contribution in [0.1, 0.15) is 5.82 Å². The van der Waals surface area contributed by atoms with Crippen LogP contribution in [0.3, 0.4) is 0 Å². The molecule has 2 rings (SSSR count). The zero-order chi connectivity index (χ0) is 9.10. The number of anilines is 2. The van der Waals surface area contributed by atoms with E-state index in [1.807, 2.05) is 0 Å². The molecule has 0 aliphatic carbocycles. The molecule has 0 aliphatic heterocycles. The molecule has 0 unspecified atom stereocenters. The first-order valence-corrected chi connectivity index (χ1v) is 4.33. The molecular weight excluding hydrogens is 190 g/mol. The summed E-state index contributed by atoms with van der Waals surface area (Å²) in [6.07, 6.45) is 1.29. The second-order valence-electron chi connectivity index (χ2n) is 2.32. The van der Waals surface area contributed by atoms with Gasteiger partial charge in [0.1, 0.15) is 10.8 Å². The van der Waals surface area contributed by atoms with Crippen LogP contribution in [0.2, 0.25) is 0 Å². The van der Waals surface area contributed by atoms with Crippen molar-refractivity contribution in [2.24, 2.45) is 0 Å². The second kappa shape index (κ2) is 3.40. The van der Waals surface area contributed by atoms with E-state index in [1.54, 1.807) is 6.07 Å². The standard InChI is InChI=1S/C6H7N5OS/c7-4-1-6(13-11-4)8-2-5-9-3-12-10-5/h1,3,8H,2H2,(H2,7,11). The van der Waals surface area contributed by atoms with Gasteiger partial charge < -0.3 is 15.6 Å². The van der Waals surface area contributed by atoms with E-state index in [-0.39, 0.29) is 0 Å². The SMILES string of the molecule is Nc1cc(NCc2ncon2)sn1. The molecule has 2 aromatic heterocycles. The topological polar surface area (TPSA) is 89.9 Å². The average Bonchev–Trinajstić information content (AvgIpc) is 2.71. The lowest BCUT2D eigenvalue weighted by atomic mass is 10.5. The lowest BCUT2D eigenvalue weighted by Crippen LogP contribution is -1.99. The first-order chi connectivity index (χ1) is 6.34. The minimum absolute atomic E-state index is 0.512. The smallest absolute Gasteiger partial charge is 0.213 e. The Labute approximate surface area is 77.9 Å². The van der Waals surface area contributed by atoms with Crippen molar-refractivity contribution in [2.45, 2.75) is 6.54 Å². The van der Waals surface area contributed by atoms with Gasteiger partial charge in [-0.15, -0.1) is 0 Å². The first kappa shape index (κ1) is 7.99. The molecule has 0 bridgehead atoms. The van der Waals surface area contributed by atoms with Crippen LogP contribution >= 0.6 is 11.5 Å². The van der Waals surface area contributed by atoms with Crippen molar-refractivity contribution in [2.75, 3.05) is 11.1 Å². The van der Waals surface area contributed by atoms with Gasteiger partial charge in [-0.3, -0.25) is 0 Å². The minimum atomic E-state index is 0.512. The lowest BCUT2D eigenvalue weighted by molar-refractivity contribution is 0.411. The van der Waals surface area contributed by atoms with Crippen molar-refractivity contribution in [3.63, 3.8) is 0 Å². The molecule has 0 atom stereocenters. The largest absolute Gasteiger partial charge is 0.383 e. The van der Waals surface area contributed by atoms with Crippen LogP contribution in [0, 0.1) is 0 Å². The van der Waals surface area contributed by atoms with Gasteiger partial charge in [0.25, 0.3) is 0 Å². The highest BCUT2D eigenvalue weighted by atomic mass is 32.1. The summed E-state index contributed by atoms with van der Waals surface area (Å²) in [5, 5.41) is 7.59. The van der Waals surface area contributed by atoms with Gasteiger partial charge in [-0.05, 0) is 11.5 Å². The molecule has 0 aromatic carbocycles. The van der Waals surface area contributed by atoms with Crippen LogP contribution in [-0.4, -0.2) is 14.5 Å². The van der Waals surface area contributed by atoms with Crippen molar-refractivity contribution in [3.05, 3.63) is 18.3 Å². The van der Waals surface area contributed by atoms with Crippen molar-refractivity contribution < 1.29 is 4.52 Å². The summed E-state index contributed by atoms with van der Waals surface area (Å²) in [5.41, 5.74) is 5.44. The second-order valence-corrected chi connectivity index (χ2v) is 3.12. The van der Waals surface area contributed by atoms with Crippen molar-refractivity contribution in [3.8, 4) is 0 Å². The maximum absolute atomic E-state index is 5.44. The number of aromatic nitrogens is 3. The highest BCUT2D eigenvalue weighted by molar-refractivity contribution is 7.10. The molecule has 0 radical (unpaired) electrons. The average molecular weight is 197 g/mol. The predicted octanol–water partition coefficient (Wildman–Crippen LogP) is 0.720. The predicted molar refractivity (Wildman–Crippen MR) is 48.2 cm³/mol. The van der Waals surface area contributed by atoms with E-state index in [2.05, 4.69) is 24.4 Å². The zero-order valence-corrected chi connectivity index (χ0v) is 7.41. The number of nitrogens with zero attached hydrogens (tertiary/aromatic N) is 3. The Kier molecular flexibility index (Phi) is 2.09. The fourth-order valence-corrected chi connectivity index (χ4v) is 1.38. The Balaban J connectivity index is 1.93. The Morgan fingerprint density at radius 1 is 1.62 bits per heavy atom. The molecule has 0 amide bonds. The third-order valence-electron chi connectivity index (χ3n) is 1.36. The summed E-state index contributed by atoms with van der Waals surface area (Å²) in [4.78, 5) is 3.85. The van der Waals surface area contributed by atoms with E-state index in [0.29, 0.717) is 18.2 Å². The Morgan fingerprint density at radius 2 is 2.54 bits per heavy atom. The summed E-state index contributed by atoms with van der Waals surface area (Å²) < 4.78 is 8.48. The van der Waals surface area contributed by atoms with Gasteiger partial charge in [0.2, 0.25) is 6.39 Å². The van der Waals surface area contributed by atoms with Crippen LogP contribution in [-0.2, 0) is 6.54 Å². The normalized spacial score (nSPS) is 10.2. The number of hydrogen-bond acceptors (Lipinski definition) is 7. The lowest BCUT2D eigenvalue weighted by Gasteiger charge is -1.95. The van der Waals surface area contributed by atoms with Crippen LogP contribution in [0.15, 0.2) is 17.0 Å². The zero-order valence-electron chi connectivity index (χ0n) is 6.60. The molecule has 0 aliphatic rings. The van der Waals surface area contributed by atoms with Gasteiger partial charge in [0.05, 0.1) is 6.54 Å². The number of nitrogens with two attached hydrogens (primary N) is 1. The van der Waals surface area contributed by atoms with E-state index < -0.39 is 0 Å². The highest BCUT2D eigenvalue weighted by Crippen LogP contribution is 2.17. The summed E-state index contributed by atoms with van der Waals surface area (Å²) in [6, 6.07) is 1.75. The van der Waals surface area contributed by atoms with Crippen molar-refractivity contribution >= 4 is 22.4 Å². The van der Waals surface area contributed by atoms with E-state index in [1.165, 1.54) is 17.9 Å². The van der Waals surface area contributed by atoms with Crippen LogP contribution in [0.4, 0.5) is 10.8 Å². The molecule has 2 heterocycles. The highest BCUT2D eigenvalue weighted by Gasteiger charge is 2.00. The fourth-order valence-electron chi connectivity index (χ4n) is 0.809. The Hall–Kier alpha value is -1.63. The van der Waals surface area contributed by atoms with E-state index in [4.69, 9.17) is 5.73 Å². The van der Waals surface area contributed by atoms with Crippen molar-refractivity contribution in [1.82, 2.24) is 14.5 Å². The number of rotatable bonds is 3. The Morgan fingerprint density at radius 3 is 3.15 bits per heavy atom. The van der Waals surface area contributed by atoms with E-state index in [0.717, 1.165) is 5.00 Å². The van der Waals surface area contributed by atoms with Crippen LogP contribution < -0.4 is 11.1 Å². The van der Waals surface area contributed by atoms with Crippen LogP contribution in [0.5, 0.6) is 0 Å². The molecule has 0 spiro atoms. The molecular formula is C6H7N5OS. The third kappa shape index (κ3) is 1.94. The molecule has 6 nitrogen and oxygen atoms in total. The van der Waals surface area contributed by atoms with Gasteiger partial charge in [-0.2, -0.15) is 9.36 Å². The van der Waals surface area contributed by atoms with Gasteiger partial charge >= 0.3 is 0 Å². The minimum Gasteiger partial charge on any atom is -0.383 e. The molecule has 3 N–H and O–H groups in total. The van der Waals surface area contributed by atoms with Gasteiger partial charge in [0, 0.05) is 6.07 Å². The maximum atomic E-state index is 5.44. The summed E-state index contributed by atoms with van der Waals surface area (Å²) >= 11 is 1.30. The van der Waals surface area contributed by atoms with Crippen LogP contribution in [0.25, 0.3) is 0 Å². The van der Waals surface area contributed by atoms with Gasteiger partial charge in [0.15, 0.2) is 5.82 Å². The molecule has 0 fully saturated rings. The number of nitrogen functional groups attached to an aromatic ring is 1. The maximum Gasteiger partial charge on any atom is 0.213 e. The van der Waals surface area contributed by atoms with Crippen molar-refractivity contribution in [1.29, 1.82) is 0 Å². The summed E-state index contributed by atoms with van der Waals surface area (Å²) in [5.74, 6) is 1.12. The first-order valence-electron chi connectivity index (χ1n) is 3.56. The number of nitrogens with one attached hydrogen (secondary N) is 1. The summed E-state index contributed by atoms with van der Waals surface area (Å²) in [6.45, 7) is 0.512. The van der Waals surface area contributed by atoms with Gasteiger partial charge in [-0.25, -0.2) is 0 Å². The molecule has 68 valence electrons. The van der Waals surface area contributed by atoms with E-state index >= 15 is 0 Å². The third-order valence-corrected chi connectivity index (χ3v) is 2.12. The summed E-state index contributed by atoms with van der Waals surface area (Å²) in [7, 11) is 0. The number of hydrogen-bond donors (Lipinski definition) is 2. The quantitative estimate of drug-likeness (QED) is 0.753. The molecule has 7 heteroatoms. The van der Waals surface area contributed by atoms with Gasteiger partial charge in [-0.1, -0.05) is 5.16 Å².